The number of anilines is 1. The molecule has 0 bridgehead atoms. The zero-order valence-corrected chi connectivity index (χ0v) is 27.8. The van der Waals surface area contributed by atoms with Crippen molar-refractivity contribution in [3.8, 4) is 23.8 Å². The Balaban J connectivity index is 1.80. The maximum absolute atomic E-state index is 13.1. The Morgan fingerprint density at radius 1 is 0.978 bits per heavy atom. The molecular formula is C33H35N3O8S2. The second-order valence-corrected chi connectivity index (χ2v) is 15.9. The third kappa shape index (κ3) is 4.74. The lowest BCUT2D eigenvalue weighted by Crippen LogP contribution is -2.33. The van der Waals surface area contributed by atoms with Crippen molar-refractivity contribution < 1.29 is 35.8 Å². The lowest BCUT2D eigenvalue weighted by molar-refractivity contribution is 0.145. The molecule has 3 atom stereocenters. The molecule has 3 aromatic rings. The molecule has 0 fully saturated rings. The van der Waals surface area contributed by atoms with Crippen molar-refractivity contribution in [2.45, 2.75) is 80.5 Å². The minimum Gasteiger partial charge on any atom is -0.453 e. The van der Waals surface area contributed by atoms with Gasteiger partial charge in [-0.15, -0.1) is 6.42 Å². The Hall–Kier alpha value is -3.77. The van der Waals surface area contributed by atoms with Crippen molar-refractivity contribution in [1.82, 2.24) is 5.32 Å². The number of hydrogen-bond donors (Lipinski definition) is 5. The molecule has 3 unspecified atom stereocenters. The number of terminal acetylenes is 1. The Morgan fingerprint density at radius 3 is 2.20 bits per heavy atom. The summed E-state index contributed by atoms with van der Waals surface area (Å²) in [6, 6.07) is 9.69. The van der Waals surface area contributed by atoms with Crippen LogP contribution >= 0.6 is 0 Å². The Bertz CT molecular complexity index is 2220. The van der Waals surface area contributed by atoms with Crippen molar-refractivity contribution in [2.24, 2.45) is 4.99 Å². The molecule has 0 radical (unpaired) electrons. The van der Waals surface area contributed by atoms with E-state index in [1.807, 2.05) is 41.5 Å². The van der Waals surface area contributed by atoms with Gasteiger partial charge in [0, 0.05) is 33.2 Å². The predicted molar refractivity (Wildman–Crippen MR) is 172 cm³/mol. The van der Waals surface area contributed by atoms with E-state index >= 15 is 0 Å². The van der Waals surface area contributed by atoms with Gasteiger partial charge in [-0.05, 0) is 48.2 Å². The summed E-state index contributed by atoms with van der Waals surface area (Å²) in [5, 5.41) is 16.8. The van der Waals surface area contributed by atoms with Crippen molar-refractivity contribution >= 4 is 31.5 Å². The van der Waals surface area contributed by atoms with E-state index in [0.29, 0.717) is 33.4 Å². The van der Waals surface area contributed by atoms with Gasteiger partial charge in [-0.25, -0.2) is 0 Å². The highest BCUT2D eigenvalue weighted by atomic mass is 32.2. The van der Waals surface area contributed by atoms with Gasteiger partial charge in [-0.3, -0.25) is 19.4 Å². The first-order valence-corrected chi connectivity index (χ1v) is 17.5. The first-order chi connectivity index (χ1) is 21.3. The van der Waals surface area contributed by atoms with Gasteiger partial charge in [0.2, 0.25) is 0 Å². The molecule has 46 heavy (non-hydrogen) atoms. The number of nitrogens with one attached hydrogen (secondary N) is 2. The summed E-state index contributed by atoms with van der Waals surface area (Å²) in [5.41, 5.74) is 1.83. The van der Waals surface area contributed by atoms with E-state index in [1.54, 1.807) is 36.4 Å². The van der Waals surface area contributed by atoms with Crippen LogP contribution in [0.2, 0.25) is 0 Å². The fourth-order valence-corrected chi connectivity index (χ4v) is 8.08. The van der Waals surface area contributed by atoms with Crippen LogP contribution in [0.15, 0.2) is 51.2 Å². The van der Waals surface area contributed by atoms with Gasteiger partial charge in [-0.1, -0.05) is 57.9 Å². The van der Waals surface area contributed by atoms with Gasteiger partial charge in [-0.2, -0.15) is 16.8 Å². The zero-order valence-electron chi connectivity index (χ0n) is 26.1. The van der Waals surface area contributed by atoms with Crippen molar-refractivity contribution in [2.75, 3.05) is 11.9 Å². The highest BCUT2D eigenvalue weighted by Gasteiger charge is 2.45. The summed E-state index contributed by atoms with van der Waals surface area (Å²) in [5.74, 6) is 1.80. The molecule has 0 aliphatic carbocycles. The number of nitrogens with zero attached hydrogens (tertiary/aromatic N) is 1. The van der Waals surface area contributed by atoms with E-state index in [4.69, 9.17) is 11.2 Å². The van der Waals surface area contributed by atoms with Crippen LogP contribution in [0.25, 0.3) is 5.57 Å². The molecule has 0 spiro atoms. The average molecular weight is 666 g/mol. The Morgan fingerprint density at radius 2 is 1.61 bits per heavy atom. The van der Waals surface area contributed by atoms with Crippen LogP contribution in [0.4, 0.5) is 5.69 Å². The zero-order chi connectivity index (χ0) is 33.7. The molecular weight excluding hydrogens is 631 g/mol. The van der Waals surface area contributed by atoms with E-state index in [-0.39, 0.29) is 46.4 Å². The van der Waals surface area contributed by atoms with Crippen LogP contribution in [-0.2, 0) is 31.1 Å². The van der Waals surface area contributed by atoms with E-state index in [2.05, 4.69) is 21.5 Å². The molecule has 3 aromatic carbocycles. The predicted octanol–water partition coefficient (Wildman–Crippen LogP) is 3.14. The lowest BCUT2D eigenvalue weighted by atomic mass is 9.78. The van der Waals surface area contributed by atoms with Gasteiger partial charge in [0.1, 0.15) is 6.23 Å². The fraction of sp³-hybridized carbons (Fsp3) is 0.364. The normalized spacial score (nSPS) is 21.1. The number of aliphatic hydroxyl groups excluding tert-OH is 1. The lowest BCUT2D eigenvalue weighted by Gasteiger charge is -2.29. The molecule has 0 saturated heterocycles. The van der Waals surface area contributed by atoms with Gasteiger partial charge >= 0.3 is 0 Å². The van der Waals surface area contributed by atoms with Gasteiger partial charge in [0.25, 0.3) is 20.2 Å². The second kappa shape index (κ2) is 10.4. The summed E-state index contributed by atoms with van der Waals surface area (Å²) in [7, 11) is -9.94. The van der Waals surface area contributed by atoms with E-state index in [9.17, 15) is 31.0 Å². The largest absolute Gasteiger partial charge is 0.453 e. The topological polar surface area (TPSA) is 175 Å². The SMILES string of the molecule is C#CCNC(O)c1ccc(C2=c3cc4c(c(S(=O)(=O)O)c3Oc3c2cc2c(c3S(=O)(=O)O)NC(C)C2(C)C)=NC(C)C4(C)C)cc1. The molecule has 3 aliphatic rings. The molecule has 11 nitrogen and oxygen atoms in total. The summed E-state index contributed by atoms with van der Waals surface area (Å²) in [6.07, 6.45) is 4.25. The first kappa shape index (κ1) is 32.2. The molecule has 242 valence electrons. The number of hydrogen-bond acceptors (Lipinski definition) is 9. The summed E-state index contributed by atoms with van der Waals surface area (Å²) >= 11 is 0. The standard InChI is InChI=1S/C33H35N3O8S2/c1-8-13-34-31(37)19-11-9-18(10-12-19)24-20-14-22-25(35-16(2)32(22,4)5)29(45(38,39)40)27(20)44-28-21(24)15-23-26(30(28)46(41,42)43)36-17(3)33(23,6)7/h1,9-12,14-17,31,34-35,37H,13H2,2-7H3,(H,38,39,40)(H,41,42,43). The fourth-order valence-electron chi connectivity index (χ4n) is 6.47. The first-order valence-electron chi connectivity index (χ1n) is 14.7. The van der Waals surface area contributed by atoms with Crippen LogP contribution in [0, 0.1) is 12.3 Å². The average Bonchev–Trinajstić information content (AvgIpc) is 3.32. The third-order valence-corrected chi connectivity index (χ3v) is 11.6. The minimum atomic E-state index is -4.98. The molecule has 6 rings (SSSR count). The van der Waals surface area contributed by atoms with E-state index < -0.39 is 47.1 Å². The second-order valence-electron chi connectivity index (χ2n) is 13.1. The van der Waals surface area contributed by atoms with Crippen LogP contribution < -0.4 is 25.9 Å². The van der Waals surface area contributed by atoms with Crippen LogP contribution in [-0.4, -0.2) is 49.7 Å². The number of fused-ring (bicyclic) bond motifs is 4. The molecule has 3 heterocycles. The number of aliphatic hydroxyl groups is 1. The van der Waals surface area contributed by atoms with Gasteiger partial charge < -0.3 is 15.2 Å². The maximum atomic E-state index is 13.1. The monoisotopic (exact) mass is 665 g/mol. The van der Waals surface area contributed by atoms with Gasteiger partial charge in [0.05, 0.1) is 23.6 Å². The maximum Gasteiger partial charge on any atom is 0.300 e. The molecule has 13 heteroatoms. The number of rotatable bonds is 6. The summed E-state index contributed by atoms with van der Waals surface area (Å²) < 4.78 is 80.0. The quantitative estimate of drug-likeness (QED) is 0.117. The third-order valence-electron chi connectivity index (χ3n) is 9.82. The van der Waals surface area contributed by atoms with Crippen LogP contribution in [0.1, 0.15) is 75.6 Å². The molecule has 0 aromatic heterocycles. The molecule has 5 N–H and O–H groups in total. The highest BCUT2D eigenvalue weighted by Crippen LogP contribution is 2.52. The smallest absolute Gasteiger partial charge is 0.300 e. The Labute approximate surface area is 267 Å². The van der Waals surface area contributed by atoms with E-state index in [1.165, 1.54) is 0 Å². The van der Waals surface area contributed by atoms with Crippen LogP contribution in [0.3, 0.4) is 0 Å². The van der Waals surface area contributed by atoms with Gasteiger partial charge in [0.15, 0.2) is 21.3 Å². The number of benzene rings is 3. The molecule has 0 saturated carbocycles. The van der Waals surface area contributed by atoms with E-state index in [0.717, 1.165) is 0 Å². The summed E-state index contributed by atoms with van der Waals surface area (Å²) in [6.45, 7) is 11.6. The van der Waals surface area contributed by atoms with Crippen molar-refractivity contribution in [3.63, 3.8) is 0 Å². The highest BCUT2D eigenvalue weighted by molar-refractivity contribution is 7.86. The molecule has 3 aliphatic heterocycles. The molecule has 0 amide bonds. The summed E-state index contributed by atoms with van der Waals surface area (Å²) in [4.78, 5) is 3.46. The number of ether oxygens (including phenoxy) is 1. The van der Waals surface area contributed by atoms with Crippen molar-refractivity contribution in [1.29, 1.82) is 0 Å². The van der Waals surface area contributed by atoms with Crippen molar-refractivity contribution in [3.05, 3.63) is 74.8 Å². The van der Waals surface area contributed by atoms with Crippen LogP contribution in [0.5, 0.6) is 11.5 Å². The Kier molecular flexibility index (Phi) is 7.25. The minimum absolute atomic E-state index is 0.0297.